The summed E-state index contributed by atoms with van der Waals surface area (Å²) in [7, 11) is -0.889. The molecule has 1 aromatic rings. The quantitative estimate of drug-likeness (QED) is 0.403. The molecular formula is C17H24N4O4S. The molecule has 0 aromatic heterocycles. The molecule has 142 valence electrons. The fourth-order valence-electron chi connectivity index (χ4n) is 2.28. The predicted octanol–water partition coefficient (Wildman–Crippen LogP) is 0.642. The minimum atomic E-state index is -3.58. The zero-order valence-corrected chi connectivity index (χ0v) is 16.2. The lowest BCUT2D eigenvalue weighted by Gasteiger charge is -2.28. The average molecular weight is 380 g/mol. The molecule has 0 bridgehead atoms. The maximum atomic E-state index is 12.6. The Kier molecular flexibility index (Phi) is 7.58. The van der Waals surface area contributed by atoms with Gasteiger partial charge in [-0.2, -0.15) is 5.26 Å². The van der Waals surface area contributed by atoms with E-state index in [1.165, 1.54) is 14.1 Å². The fraction of sp³-hybridized carbons (Fsp3) is 0.471. The van der Waals surface area contributed by atoms with Gasteiger partial charge < -0.3 is 5.32 Å². The molecule has 0 aliphatic rings. The van der Waals surface area contributed by atoms with Crippen molar-refractivity contribution in [2.24, 2.45) is 5.92 Å². The van der Waals surface area contributed by atoms with Crippen LogP contribution in [0.25, 0.3) is 0 Å². The fourth-order valence-corrected chi connectivity index (χ4v) is 4.16. The summed E-state index contributed by atoms with van der Waals surface area (Å²) in [5.41, 5.74) is 0.308. The SMILES string of the molecule is CC(C)CS(=O)(=O)CC(NC(=O)c1ccccc1)C(=O)N(C)N(C)C#N. The Bertz CT molecular complexity index is 772. The van der Waals surface area contributed by atoms with E-state index in [2.05, 4.69) is 5.32 Å². The van der Waals surface area contributed by atoms with Crippen molar-refractivity contribution in [3.8, 4) is 6.19 Å². The number of amides is 2. The highest BCUT2D eigenvalue weighted by Gasteiger charge is 2.31. The maximum Gasteiger partial charge on any atom is 0.265 e. The van der Waals surface area contributed by atoms with Gasteiger partial charge in [0.05, 0.1) is 11.5 Å². The Morgan fingerprint density at radius 2 is 1.73 bits per heavy atom. The van der Waals surface area contributed by atoms with E-state index >= 15 is 0 Å². The molecular weight excluding hydrogens is 356 g/mol. The second-order valence-corrected chi connectivity index (χ2v) is 8.50. The van der Waals surface area contributed by atoms with Gasteiger partial charge in [-0.05, 0) is 18.1 Å². The number of likely N-dealkylation sites (N-methyl/N-ethyl adjacent to an activating group) is 1. The first-order valence-electron chi connectivity index (χ1n) is 8.04. The lowest BCUT2D eigenvalue weighted by atomic mass is 10.2. The summed E-state index contributed by atoms with van der Waals surface area (Å²) < 4.78 is 24.7. The van der Waals surface area contributed by atoms with Crippen molar-refractivity contribution in [3.05, 3.63) is 35.9 Å². The average Bonchev–Trinajstić information content (AvgIpc) is 2.58. The number of nitrogens with zero attached hydrogens (tertiary/aromatic N) is 3. The summed E-state index contributed by atoms with van der Waals surface area (Å²) in [4.78, 5) is 25.0. The zero-order valence-electron chi connectivity index (χ0n) is 15.3. The number of carbonyl (C=O) groups is 2. The summed E-state index contributed by atoms with van der Waals surface area (Å²) in [6.45, 7) is 3.51. The van der Waals surface area contributed by atoms with Gasteiger partial charge in [-0.25, -0.2) is 18.4 Å². The summed E-state index contributed by atoms with van der Waals surface area (Å²) in [6, 6.07) is 6.89. The van der Waals surface area contributed by atoms with Gasteiger partial charge in [0.1, 0.15) is 6.04 Å². The van der Waals surface area contributed by atoms with Crippen LogP contribution >= 0.6 is 0 Å². The van der Waals surface area contributed by atoms with E-state index in [1.54, 1.807) is 50.4 Å². The van der Waals surface area contributed by atoms with Crippen LogP contribution in [0.2, 0.25) is 0 Å². The molecule has 0 saturated carbocycles. The van der Waals surface area contributed by atoms with Gasteiger partial charge in [-0.1, -0.05) is 32.0 Å². The van der Waals surface area contributed by atoms with E-state index in [0.717, 1.165) is 10.0 Å². The first kappa shape index (κ1) is 21.4. The van der Waals surface area contributed by atoms with Gasteiger partial charge in [0.2, 0.25) is 0 Å². The Morgan fingerprint density at radius 1 is 1.15 bits per heavy atom. The maximum absolute atomic E-state index is 12.6. The van der Waals surface area contributed by atoms with Crippen LogP contribution in [0, 0.1) is 17.4 Å². The molecule has 1 atom stereocenters. The third kappa shape index (κ3) is 6.37. The van der Waals surface area contributed by atoms with E-state index in [-0.39, 0.29) is 11.7 Å². The number of hydrazine groups is 1. The van der Waals surface area contributed by atoms with Crippen molar-refractivity contribution in [3.63, 3.8) is 0 Å². The zero-order chi connectivity index (χ0) is 19.9. The number of nitrogens with one attached hydrogen (secondary N) is 1. The molecule has 1 unspecified atom stereocenters. The van der Waals surface area contributed by atoms with E-state index in [0.29, 0.717) is 5.56 Å². The summed E-state index contributed by atoms with van der Waals surface area (Å²) in [5.74, 6) is -2.00. The second-order valence-electron chi connectivity index (χ2n) is 6.35. The first-order chi connectivity index (χ1) is 12.1. The number of hydrogen-bond acceptors (Lipinski definition) is 6. The standard InChI is InChI=1S/C17H24N4O4S/c1-13(2)10-26(24,25)11-15(17(23)21(4)20(3)12-18)19-16(22)14-8-6-5-7-9-14/h5-9,13,15H,10-11H2,1-4H3,(H,19,22). The molecule has 2 amide bonds. The molecule has 0 aliphatic heterocycles. The molecule has 1 N–H and O–H groups in total. The molecule has 0 aliphatic carbocycles. The number of nitriles is 1. The van der Waals surface area contributed by atoms with Crippen molar-refractivity contribution < 1.29 is 18.0 Å². The topological polar surface area (TPSA) is 111 Å². The monoisotopic (exact) mass is 380 g/mol. The molecule has 1 aromatic carbocycles. The third-order valence-corrected chi connectivity index (χ3v) is 5.58. The van der Waals surface area contributed by atoms with Gasteiger partial charge in [0, 0.05) is 19.7 Å². The van der Waals surface area contributed by atoms with Crippen LogP contribution in [0.1, 0.15) is 24.2 Å². The molecule has 8 nitrogen and oxygen atoms in total. The van der Waals surface area contributed by atoms with Crippen LogP contribution in [0.3, 0.4) is 0 Å². The van der Waals surface area contributed by atoms with Crippen molar-refractivity contribution in [2.75, 3.05) is 25.6 Å². The molecule has 0 spiro atoms. The van der Waals surface area contributed by atoms with Crippen molar-refractivity contribution in [2.45, 2.75) is 19.9 Å². The Balaban J connectivity index is 3.07. The van der Waals surface area contributed by atoms with Gasteiger partial charge in [0.25, 0.3) is 11.8 Å². The molecule has 1 rings (SSSR count). The largest absolute Gasteiger partial charge is 0.339 e. The number of carbonyl (C=O) groups excluding carboxylic acids is 2. The Hall–Kier alpha value is -2.60. The normalized spacial score (nSPS) is 12.2. The molecule has 0 radical (unpaired) electrons. The van der Waals surface area contributed by atoms with Crippen LogP contribution in [-0.4, -0.2) is 61.9 Å². The minimum absolute atomic E-state index is 0.101. The molecule has 0 fully saturated rings. The second kappa shape index (κ2) is 9.20. The first-order valence-corrected chi connectivity index (χ1v) is 9.86. The van der Waals surface area contributed by atoms with Crippen LogP contribution in [0.5, 0.6) is 0 Å². The molecule has 9 heteroatoms. The molecule has 26 heavy (non-hydrogen) atoms. The van der Waals surface area contributed by atoms with Crippen LogP contribution in [0.4, 0.5) is 0 Å². The highest BCUT2D eigenvalue weighted by Crippen LogP contribution is 2.07. The van der Waals surface area contributed by atoms with Crippen LogP contribution < -0.4 is 5.32 Å². The number of benzene rings is 1. The number of sulfone groups is 1. The Morgan fingerprint density at radius 3 is 2.23 bits per heavy atom. The lowest BCUT2D eigenvalue weighted by molar-refractivity contribution is -0.141. The highest BCUT2D eigenvalue weighted by molar-refractivity contribution is 7.91. The highest BCUT2D eigenvalue weighted by atomic mass is 32.2. The Labute approximate surface area is 154 Å². The van der Waals surface area contributed by atoms with E-state index in [1.807, 2.05) is 0 Å². The predicted molar refractivity (Wildman–Crippen MR) is 97.3 cm³/mol. The summed E-state index contributed by atoms with van der Waals surface area (Å²) in [6.07, 6.45) is 1.76. The summed E-state index contributed by atoms with van der Waals surface area (Å²) in [5, 5.41) is 13.3. The summed E-state index contributed by atoms with van der Waals surface area (Å²) >= 11 is 0. The van der Waals surface area contributed by atoms with Crippen LogP contribution in [0.15, 0.2) is 30.3 Å². The molecule has 0 saturated heterocycles. The van der Waals surface area contributed by atoms with E-state index in [9.17, 15) is 18.0 Å². The smallest absolute Gasteiger partial charge is 0.265 e. The molecule has 0 heterocycles. The van der Waals surface area contributed by atoms with Crippen LogP contribution in [-0.2, 0) is 14.6 Å². The number of rotatable bonds is 8. The van der Waals surface area contributed by atoms with Crippen molar-refractivity contribution >= 4 is 21.7 Å². The van der Waals surface area contributed by atoms with E-state index in [4.69, 9.17) is 5.26 Å². The van der Waals surface area contributed by atoms with Gasteiger partial charge >= 0.3 is 0 Å². The minimum Gasteiger partial charge on any atom is -0.339 e. The number of hydrogen-bond donors (Lipinski definition) is 1. The van der Waals surface area contributed by atoms with E-state index < -0.39 is 33.4 Å². The van der Waals surface area contributed by atoms with Crippen molar-refractivity contribution in [1.29, 1.82) is 5.26 Å². The van der Waals surface area contributed by atoms with Crippen molar-refractivity contribution in [1.82, 2.24) is 15.3 Å². The van der Waals surface area contributed by atoms with Gasteiger partial charge in [-0.15, -0.1) is 0 Å². The lowest BCUT2D eigenvalue weighted by Crippen LogP contribution is -2.54. The van der Waals surface area contributed by atoms with Gasteiger partial charge in [-0.3, -0.25) is 9.59 Å². The third-order valence-electron chi connectivity index (χ3n) is 3.56. The van der Waals surface area contributed by atoms with Gasteiger partial charge in [0.15, 0.2) is 16.0 Å².